The molecule has 1 aromatic rings. The Labute approximate surface area is 103 Å². The molecule has 0 spiro atoms. The summed E-state index contributed by atoms with van der Waals surface area (Å²) in [5.41, 5.74) is 1.14. The van der Waals surface area contributed by atoms with Crippen molar-refractivity contribution < 1.29 is 0 Å². The van der Waals surface area contributed by atoms with Gasteiger partial charge in [0.1, 0.15) is 0 Å². The molecule has 0 saturated heterocycles. The minimum atomic E-state index is 0.582. The Morgan fingerprint density at radius 1 is 1.25 bits per heavy atom. The summed E-state index contributed by atoms with van der Waals surface area (Å²) in [4.78, 5) is 2.04. The number of anilines is 1. The van der Waals surface area contributed by atoms with Crippen LogP contribution in [0.2, 0.25) is 0 Å². The first-order valence-electron chi connectivity index (χ1n) is 5.86. The van der Waals surface area contributed by atoms with Crippen LogP contribution in [0.5, 0.6) is 0 Å². The zero-order chi connectivity index (χ0) is 11.4. The molecule has 1 N–H and O–H groups in total. The molecule has 0 bridgehead atoms. The third-order valence-electron chi connectivity index (χ3n) is 3.13. The number of nitrogens with one attached hydrogen (secondary N) is 1. The van der Waals surface area contributed by atoms with Gasteiger partial charge < -0.3 is 10.2 Å². The maximum absolute atomic E-state index is 5.41. The Balaban J connectivity index is 1.94. The topological polar surface area (TPSA) is 15.3 Å². The Hall–Kier alpha value is -1.09. The molecule has 2 rings (SSSR count). The van der Waals surface area contributed by atoms with E-state index in [1.165, 1.54) is 25.7 Å². The van der Waals surface area contributed by atoms with Gasteiger partial charge in [0.25, 0.3) is 0 Å². The lowest BCUT2D eigenvalue weighted by molar-refractivity contribution is 0.630. The van der Waals surface area contributed by atoms with Crippen molar-refractivity contribution in [3.8, 4) is 0 Å². The van der Waals surface area contributed by atoms with Crippen molar-refractivity contribution >= 4 is 23.0 Å². The second kappa shape index (κ2) is 5.30. The number of rotatable bonds is 2. The van der Waals surface area contributed by atoms with Gasteiger partial charge in [-0.3, -0.25) is 0 Å². The summed E-state index contributed by atoms with van der Waals surface area (Å²) in [6.45, 7) is 0. The summed E-state index contributed by atoms with van der Waals surface area (Å²) in [5, 5.41) is 4.27. The normalized spacial score (nSPS) is 16.1. The van der Waals surface area contributed by atoms with Crippen molar-refractivity contribution in [3.05, 3.63) is 30.3 Å². The van der Waals surface area contributed by atoms with Crippen molar-refractivity contribution in [1.82, 2.24) is 5.32 Å². The fourth-order valence-electron chi connectivity index (χ4n) is 2.11. The van der Waals surface area contributed by atoms with Crippen molar-refractivity contribution in [1.29, 1.82) is 0 Å². The van der Waals surface area contributed by atoms with Crippen molar-refractivity contribution in [2.45, 2.75) is 31.7 Å². The maximum Gasteiger partial charge on any atom is 0.173 e. The molecule has 2 nitrogen and oxygen atoms in total. The van der Waals surface area contributed by atoms with Crippen LogP contribution in [-0.4, -0.2) is 18.2 Å². The van der Waals surface area contributed by atoms with Gasteiger partial charge in [-0.1, -0.05) is 31.0 Å². The average Bonchev–Trinajstić information content (AvgIpc) is 2.82. The SMILES string of the molecule is CN(C(=S)NC1CCCC1)c1ccccc1. The lowest BCUT2D eigenvalue weighted by atomic mass is 10.2. The molecule has 3 heteroatoms. The van der Waals surface area contributed by atoms with E-state index in [1.807, 2.05) is 30.1 Å². The van der Waals surface area contributed by atoms with E-state index in [1.54, 1.807) is 0 Å². The maximum atomic E-state index is 5.41. The lowest BCUT2D eigenvalue weighted by Crippen LogP contribution is -2.41. The molecule has 1 aromatic carbocycles. The number of hydrogen-bond acceptors (Lipinski definition) is 1. The highest BCUT2D eigenvalue weighted by Gasteiger charge is 2.17. The van der Waals surface area contributed by atoms with E-state index >= 15 is 0 Å². The van der Waals surface area contributed by atoms with E-state index in [0.717, 1.165) is 10.8 Å². The van der Waals surface area contributed by atoms with Gasteiger partial charge in [-0.05, 0) is 37.2 Å². The summed E-state index contributed by atoms with van der Waals surface area (Å²) >= 11 is 5.41. The monoisotopic (exact) mass is 234 g/mol. The van der Waals surface area contributed by atoms with E-state index in [-0.39, 0.29) is 0 Å². The Morgan fingerprint density at radius 2 is 1.88 bits per heavy atom. The third kappa shape index (κ3) is 2.73. The van der Waals surface area contributed by atoms with E-state index in [2.05, 4.69) is 17.4 Å². The molecule has 16 heavy (non-hydrogen) atoms. The number of thiocarbonyl (C=S) groups is 1. The molecule has 1 aliphatic carbocycles. The molecular formula is C13H18N2S. The summed E-state index contributed by atoms with van der Waals surface area (Å²) in [5.74, 6) is 0. The van der Waals surface area contributed by atoms with E-state index < -0.39 is 0 Å². The van der Waals surface area contributed by atoms with Gasteiger partial charge in [-0.2, -0.15) is 0 Å². The number of benzene rings is 1. The molecular weight excluding hydrogens is 216 g/mol. The zero-order valence-corrected chi connectivity index (χ0v) is 10.5. The summed E-state index contributed by atoms with van der Waals surface area (Å²) in [7, 11) is 2.01. The van der Waals surface area contributed by atoms with Gasteiger partial charge in [0.15, 0.2) is 5.11 Å². The Morgan fingerprint density at radius 3 is 2.50 bits per heavy atom. The van der Waals surface area contributed by atoms with Crippen LogP contribution >= 0.6 is 12.2 Å². The van der Waals surface area contributed by atoms with E-state index in [4.69, 9.17) is 12.2 Å². The lowest BCUT2D eigenvalue weighted by Gasteiger charge is -2.24. The first-order chi connectivity index (χ1) is 7.77. The smallest absolute Gasteiger partial charge is 0.173 e. The second-order valence-corrected chi connectivity index (χ2v) is 4.71. The molecule has 1 saturated carbocycles. The molecule has 86 valence electrons. The number of hydrogen-bond donors (Lipinski definition) is 1. The van der Waals surface area contributed by atoms with Crippen LogP contribution in [-0.2, 0) is 0 Å². The average molecular weight is 234 g/mol. The van der Waals surface area contributed by atoms with E-state index in [9.17, 15) is 0 Å². The molecule has 0 aliphatic heterocycles. The predicted molar refractivity (Wildman–Crippen MR) is 72.8 cm³/mol. The molecule has 0 unspecified atom stereocenters. The Kier molecular flexibility index (Phi) is 3.78. The second-order valence-electron chi connectivity index (χ2n) is 4.33. The van der Waals surface area contributed by atoms with Crippen LogP contribution in [0.4, 0.5) is 5.69 Å². The molecule has 0 amide bonds. The first-order valence-corrected chi connectivity index (χ1v) is 6.27. The largest absolute Gasteiger partial charge is 0.360 e. The van der Waals surface area contributed by atoms with E-state index in [0.29, 0.717) is 6.04 Å². The fourth-order valence-corrected chi connectivity index (χ4v) is 2.38. The van der Waals surface area contributed by atoms with Gasteiger partial charge in [0.2, 0.25) is 0 Å². The molecule has 1 aliphatic rings. The molecule has 0 aromatic heterocycles. The molecule has 1 fully saturated rings. The molecule has 0 heterocycles. The third-order valence-corrected chi connectivity index (χ3v) is 3.52. The van der Waals surface area contributed by atoms with Crippen LogP contribution in [0.25, 0.3) is 0 Å². The van der Waals surface area contributed by atoms with Gasteiger partial charge in [-0.15, -0.1) is 0 Å². The molecule has 0 atom stereocenters. The van der Waals surface area contributed by atoms with Crippen LogP contribution in [0, 0.1) is 0 Å². The van der Waals surface area contributed by atoms with Crippen LogP contribution in [0.15, 0.2) is 30.3 Å². The van der Waals surface area contributed by atoms with Crippen molar-refractivity contribution in [3.63, 3.8) is 0 Å². The summed E-state index contributed by atoms with van der Waals surface area (Å²) in [6.07, 6.45) is 5.16. The highest BCUT2D eigenvalue weighted by Crippen LogP contribution is 2.18. The van der Waals surface area contributed by atoms with Gasteiger partial charge in [0.05, 0.1) is 0 Å². The van der Waals surface area contributed by atoms with Crippen molar-refractivity contribution in [2.75, 3.05) is 11.9 Å². The highest BCUT2D eigenvalue weighted by molar-refractivity contribution is 7.80. The number of para-hydroxylation sites is 1. The van der Waals surface area contributed by atoms with Crippen LogP contribution in [0.1, 0.15) is 25.7 Å². The van der Waals surface area contributed by atoms with Gasteiger partial charge in [0, 0.05) is 18.8 Å². The fraction of sp³-hybridized carbons (Fsp3) is 0.462. The van der Waals surface area contributed by atoms with Gasteiger partial charge in [-0.25, -0.2) is 0 Å². The van der Waals surface area contributed by atoms with Crippen LogP contribution in [0.3, 0.4) is 0 Å². The van der Waals surface area contributed by atoms with Crippen molar-refractivity contribution in [2.24, 2.45) is 0 Å². The summed E-state index contributed by atoms with van der Waals surface area (Å²) in [6, 6.07) is 10.8. The minimum Gasteiger partial charge on any atom is -0.360 e. The highest BCUT2D eigenvalue weighted by atomic mass is 32.1. The van der Waals surface area contributed by atoms with Gasteiger partial charge >= 0.3 is 0 Å². The quantitative estimate of drug-likeness (QED) is 0.792. The predicted octanol–water partition coefficient (Wildman–Crippen LogP) is 2.94. The summed E-state index contributed by atoms with van der Waals surface area (Å²) < 4.78 is 0. The molecule has 0 radical (unpaired) electrons. The Bertz CT molecular complexity index is 344. The zero-order valence-electron chi connectivity index (χ0n) is 9.65. The first kappa shape index (κ1) is 11.4. The minimum absolute atomic E-state index is 0.582. The number of nitrogens with zero attached hydrogens (tertiary/aromatic N) is 1. The van der Waals surface area contributed by atoms with Crippen LogP contribution < -0.4 is 10.2 Å². The standard InChI is InChI=1S/C13H18N2S/c1-15(12-9-3-2-4-10-12)13(16)14-11-7-5-6-8-11/h2-4,9-11H,5-8H2,1H3,(H,14,16).